The number of carbonyl (C=O) groups excluding carboxylic acids is 3. The summed E-state index contributed by atoms with van der Waals surface area (Å²) in [7, 11) is 0. The van der Waals surface area contributed by atoms with Crippen LogP contribution in [0, 0.1) is 11.8 Å². The molecule has 2 aliphatic rings. The van der Waals surface area contributed by atoms with E-state index in [1.54, 1.807) is 6.92 Å². The zero-order valence-electron chi connectivity index (χ0n) is 15.1. The maximum atomic E-state index is 12.8. The largest absolute Gasteiger partial charge is 0.359 e. The molecule has 2 fully saturated rings. The maximum absolute atomic E-state index is 12.8. The van der Waals surface area contributed by atoms with Crippen LogP contribution in [-0.2, 0) is 19.1 Å². The third kappa shape index (κ3) is 3.54. The number of ketones is 2. The van der Waals surface area contributed by atoms with E-state index >= 15 is 0 Å². The standard InChI is InChI=1S/C18H29NO5/c1-11(2)15-9-8-12(3)18(23,24-15)16(21)17(22)19-10-6-5-7-14(19)13(4)20/h11-12,14-15,23H,5-10H2,1-4H3. The molecule has 24 heavy (non-hydrogen) atoms. The Bertz CT molecular complexity index is 518. The molecule has 0 aromatic heterocycles. The first kappa shape index (κ1) is 19.1. The lowest BCUT2D eigenvalue weighted by Gasteiger charge is -2.43. The molecule has 6 nitrogen and oxygen atoms in total. The summed E-state index contributed by atoms with van der Waals surface area (Å²) in [6.45, 7) is 7.45. The SMILES string of the molecule is CC(=O)C1CCCCN1C(=O)C(=O)C1(O)OC(C(C)C)CCC1C. The van der Waals surface area contributed by atoms with E-state index < -0.39 is 29.4 Å². The van der Waals surface area contributed by atoms with E-state index in [4.69, 9.17) is 4.74 Å². The summed E-state index contributed by atoms with van der Waals surface area (Å²) in [5, 5.41) is 10.8. The minimum Gasteiger partial charge on any atom is -0.359 e. The molecule has 4 atom stereocenters. The Labute approximate surface area is 143 Å². The number of amides is 1. The molecule has 2 heterocycles. The third-order valence-corrected chi connectivity index (χ3v) is 5.38. The van der Waals surface area contributed by atoms with Crippen molar-refractivity contribution in [2.24, 2.45) is 11.8 Å². The van der Waals surface area contributed by atoms with E-state index in [2.05, 4.69) is 0 Å². The fourth-order valence-electron chi connectivity index (χ4n) is 3.64. The van der Waals surface area contributed by atoms with Crippen molar-refractivity contribution in [1.82, 2.24) is 4.90 Å². The van der Waals surface area contributed by atoms with E-state index in [-0.39, 0.29) is 17.8 Å². The van der Waals surface area contributed by atoms with Crippen molar-refractivity contribution in [3.8, 4) is 0 Å². The first-order valence-corrected chi connectivity index (χ1v) is 8.94. The molecule has 0 aromatic rings. The molecule has 1 N–H and O–H groups in total. The van der Waals surface area contributed by atoms with Gasteiger partial charge in [-0.2, -0.15) is 0 Å². The van der Waals surface area contributed by atoms with Gasteiger partial charge < -0.3 is 14.7 Å². The van der Waals surface area contributed by atoms with Crippen LogP contribution in [0.1, 0.15) is 59.8 Å². The number of hydrogen-bond acceptors (Lipinski definition) is 5. The Balaban J connectivity index is 2.21. The first-order chi connectivity index (χ1) is 11.2. The summed E-state index contributed by atoms with van der Waals surface area (Å²) in [6, 6.07) is -0.571. The molecular formula is C18H29NO5. The monoisotopic (exact) mass is 339 g/mol. The quantitative estimate of drug-likeness (QED) is 0.788. The normalized spacial score (nSPS) is 34.2. The van der Waals surface area contributed by atoms with Crippen molar-refractivity contribution >= 4 is 17.5 Å². The highest BCUT2D eigenvalue weighted by atomic mass is 16.6. The Morgan fingerprint density at radius 3 is 2.42 bits per heavy atom. The van der Waals surface area contributed by atoms with Gasteiger partial charge in [0.1, 0.15) is 0 Å². The van der Waals surface area contributed by atoms with Gasteiger partial charge in [0, 0.05) is 12.5 Å². The average molecular weight is 339 g/mol. The second-order valence-corrected chi connectivity index (χ2v) is 7.53. The van der Waals surface area contributed by atoms with E-state index in [1.807, 2.05) is 13.8 Å². The fraction of sp³-hybridized carbons (Fsp3) is 0.833. The molecule has 4 unspecified atom stereocenters. The molecule has 1 amide bonds. The molecule has 0 bridgehead atoms. The van der Waals surface area contributed by atoms with Crippen LogP contribution in [0.5, 0.6) is 0 Å². The van der Waals surface area contributed by atoms with Crippen LogP contribution < -0.4 is 0 Å². The number of aliphatic hydroxyl groups is 1. The average Bonchev–Trinajstić information content (AvgIpc) is 2.55. The van der Waals surface area contributed by atoms with Crippen LogP contribution in [-0.4, -0.2) is 52.0 Å². The number of nitrogens with zero attached hydrogens (tertiary/aromatic N) is 1. The zero-order valence-corrected chi connectivity index (χ0v) is 15.1. The van der Waals surface area contributed by atoms with Crippen molar-refractivity contribution < 1.29 is 24.2 Å². The number of Topliss-reactive ketones (excluding diaryl/α,β-unsaturated/α-hetero) is 2. The molecule has 0 aliphatic carbocycles. The zero-order chi connectivity index (χ0) is 18.1. The van der Waals surface area contributed by atoms with Crippen molar-refractivity contribution in [3.05, 3.63) is 0 Å². The number of rotatable bonds is 4. The topological polar surface area (TPSA) is 83.9 Å². The van der Waals surface area contributed by atoms with Crippen LogP contribution in [0.2, 0.25) is 0 Å². The van der Waals surface area contributed by atoms with E-state index in [1.165, 1.54) is 11.8 Å². The van der Waals surface area contributed by atoms with Gasteiger partial charge in [0.25, 0.3) is 11.7 Å². The molecular weight excluding hydrogens is 310 g/mol. The predicted octanol–water partition coefficient (Wildman–Crippen LogP) is 1.69. The molecule has 2 saturated heterocycles. The van der Waals surface area contributed by atoms with Gasteiger partial charge in [-0.15, -0.1) is 0 Å². The Morgan fingerprint density at radius 2 is 1.83 bits per heavy atom. The highest BCUT2D eigenvalue weighted by molar-refractivity contribution is 6.39. The summed E-state index contributed by atoms with van der Waals surface area (Å²) in [5.41, 5.74) is 0. The van der Waals surface area contributed by atoms with Gasteiger partial charge >= 0.3 is 0 Å². The van der Waals surface area contributed by atoms with Crippen molar-refractivity contribution in [2.45, 2.75) is 77.7 Å². The second kappa shape index (κ2) is 7.31. The summed E-state index contributed by atoms with van der Waals surface area (Å²) >= 11 is 0. The maximum Gasteiger partial charge on any atom is 0.296 e. The van der Waals surface area contributed by atoms with E-state index in [0.717, 1.165) is 19.3 Å². The highest BCUT2D eigenvalue weighted by Gasteiger charge is 2.52. The van der Waals surface area contributed by atoms with Crippen LogP contribution in [0.3, 0.4) is 0 Å². The predicted molar refractivity (Wildman–Crippen MR) is 88.1 cm³/mol. The van der Waals surface area contributed by atoms with Gasteiger partial charge in [0.2, 0.25) is 5.79 Å². The molecule has 0 spiro atoms. The van der Waals surface area contributed by atoms with Gasteiger partial charge in [-0.05, 0) is 44.9 Å². The number of likely N-dealkylation sites (tertiary alicyclic amines) is 1. The first-order valence-electron chi connectivity index (χ1n) is 8.94. The van der Waals surface area contributed by atoms with Gasteiger partial charge in [-0.3, -0.25) is 14.4 Å². The van der Waals surface area contributed by atoms with Gasteiger partial charge in [-0.25, -0.2) is 0 Å². The lowest BCUT2D eigenvalue weighted by Crippen LogP contribution is -2.60. The number of hydrogen-bond donors (Lipinski definition) is 1. The lowest BCUT2D eigenvalue weighted by atomic mass is 9.84. The van der Waals surface area contributed by atoms with Crippen molar-refractivity contribution in [2.75, 3.05) is 6.54 Å². The number of carbonyl (C=O) groups is 3. The van der Waals surface area contributed by atoms with Gasteiger partial charge in [0.05, 0.1) is 12.1 Å². The van der Waals surface area contributed by atoms with E-state index in [9.17, 15) is 19.5 Å². The summed E-state index contributed by atoms with van der Waals surface area (Å²) in [4.78, 5) is 38.6. The van der Waals surface area contributed by atoms with Gasteiger partial charge in [0.15, 0.2) is 5.78 Å². The van der Waals surface area contributed by atoms with Gasteiger partial charge in [-0.1, -0.05) is 20.8 Å². The summed E-state index contributed by atoms with van der Waals surface area (Å²) in [6.07, 6.45) is 3.29. The van der Waals surface area contributed by atoms with Crippen LogP contribution in [0.15, 0.2) is 0 Å². The van der Waals surface area contributed by atoms with E-state index in [0.29, 0.717) is 19.4 Å². The Morgan fingerprint density at radius 1 is 1.17 bits per heavy atom. The molecule has 2 rings (SSSR count). The van der Waals surface area contributed by atoms with Crippen molar-refractivity contribution in [1.29, 1.82) is 0 Å². The molecule has 6 heteroatoms. The minimum absolute atomic E-state index is 0.125. The van der Waals surface area contributed by atoms with Crippen LogP contribution in [0.4, 0.5) is 0 Å². The number of ether oxygens (including phenoxy) is 1. The molecule has 0 radical (unpaired) electrons. The number of piperidine rings is 1. The Kier molecular flexibility index (Phi) is 5.81. The lowest BCUT2D eigenvalue weighted by molar-refractivity contribution is -0.269. The second-order valence-electron chi connectivity index (χ2n) is 7.53. The smallest absolute Gasteiger partial charge is 0.296 e. The molecule has 0 aromatic carbocycles. The van der Waals surface area contributed by atoms with Crippen LogP contribution in [0.25, 0.3) is 0 Å². The third-order valence-electron chi connectivity index (χ3n) is 5.38. The van der Waals surface area contributed by atoms with Crippen LogP contribution >= 0.6 is 0 Å². The minimum atomic E-state index is -2.09. The molecule has 136 valence electrons. The Hall–Kier alpha value is -1.27. The fourth-order valence-corrected chi connectivity index (χ4v) is 3.64. The molecule has 2 aliphatic heterocycles. The highest BCUT2D eigenvalue weighted by Crippen LogP contribution is 2.36. The summed E-state index contributed by atoms with van der Waals surface area (Å²) < 4.78 is 5.69. The summed E-state index contributed by atoms with van der Waals surface area (Å²) in [5.74, 6) is -4.26. The van der Waals surface area contributed by atoms with Crippen molar-refractivity contribution in [3.63, 3.8) is 0 Å². The molecule has 0 saturated carbocycles.